The van der Waals surface area contributed by atoms with Gasteiger partial charge in [-0.05, 0) is 109 Å². The molecule has 14 nitrogen and oxygen atoms in total. The first-order valence-corrected chi connectivity index (χ1v) is 30.2. The molecule has 0 bridgehead atoms. The fourth-order valence-corrected chi connectivity index (χ4v) is 10.3. The van der Waals surface area contributed by atoms with Crippen LogP contribution in [0.5, 0.6) is 6.01 Å². The summed E-state index contributed by atoms with van der Waals surface area (Å²) in [5.41, 5.74) is 1.93. The molecule has 2 N–H and O–H groups in total. The molecule has 1 saturated heterocycles. The molecule has 3 heterocycles. The fraction of sp³-hybridized carbons (Fsp3) is 0.783. The van der Waals surface area contributed by atoms with Crippen LogP contribution >= 0.6 is 0 Å². The average Bonchev–Trinajstić information content (AvgIpc) is 3.71. The van der Waals surface area contributed by atoms with Crippen molar-refractivity contribution in [1.82, 2.24) is 39.1 Å². The van der Waals surface area contributed by atoms with Gasteiger partial charge in [0.25, 0.3) is 0 Å². The number of ether oxygens (including phenoxy) is 2. The zero-order valence-electron chi connectivity index (χ0n) is 47.7. The number of benzene rings is 1. The summed E-state index contributed by atoms with van der Waals surface area (Å²) in [6, 6.07) is 7.60. The van der Waals surface area contributed by atoms with Crippen molar-refractivity contribution < 1.29 is 19.1 Å². The molecule has 1 amide bonds. The SMILES string of the molecule is CCCCCCCCCCCCN(C)CCCN1CCN(CCCN(CCCCCCCCCCCC)CCCCCC(=O)Nc2nc(OCCCC)nc3c2[nH]c(=O)n3Cc2cccc(CC(=O)OC)c2)CC1. The second-order valence-corrected chi connectivity index (χ2v) is 21.6. The summed E-state index contributed by atoms with van der Waals surface area (Å²) >= 11 is 0. The Morgan fingerprint density at radius 1 is 0.635 bits per heavy atom. The van der Waals surface area contributed by atoms with Crippen LogP contribution in [0.15, 0.2) is 29.1 Å². The van der Waals surface area contributed by atoms with Crippen LogP contribution in [-0.2, 0) is 27.3 Å². The van der Waals surface area contributed by atoms with Gasteiger partial charge in [-0.3, -0.25) is 14.2 Å². The Morgan fingerprint density at radius 3 is 1.72 bits per heavy atom. The largest absolute Gasteiger partial charge is 0.469 e. The second kappa shape index (κ2) is 39.5. The lowest BCUT2D eigenvalue weighted by Crippen LogP contribution is -2.47. The molecule has 420 valence electrons. The van der Waals surface area contributed by atoms with Gasteiger partial charge in [0.1, 0.15) is 5.52 Å². The Kier molecular flexibility index (Phi) is 33.5. The van der Waals surface area contributed by atoms with Crippen LogP contribution in [0.3, 0.4) is 0 Å². The van der Waals surface area contributed by atoms with Gasteiger partial charge in [0.15, 0.2) is 11.5 Å². The number of hydrogen-bond donors (Lipinski definition) is 2. The summed E-state index contributed by atoms with van der Waals surface area (Å²) in [7, 11) is 3.68. The van der Waals surface area contributed by atoms with Gasteiger partial charge in [0, 0.05) is 32.6 Å². The topological polar surface area (TPSA) is 141 Å². The van der Waals surface area contributed by atoms with Crippen LogP contribution in [0.4, 0.5) is 5.82 Å². The maximum atomic E-state index is 13.5. The normalized spacial score (nSPS) is 13.4. The number of esters is 1. The number of aromatic amines is 1. The Balaban J connectivity index is 1.19. The van der Waals surface area contributed by atoms with Crippen molar-refractivity contribution in [2.24, 2.45) is 0 Å². The predicted octanol–water partition coefficient (Wildman–Crippen LogP) is 12.0. The number of H-pyrrole nitrogens is 1. The molecule has 14 heteroatoms. The summed E-state index contributed by atoms with van der Waals surface area (Å²) in [4.78, 5) is 61.5. The molecular weight excluding hydrogens is 927 g/mol. The molecule has 1 aromatic carbocycles. The second-order valence-electron chi connectivity index (χ2n) is 21.6. The molecule has 74 heavy (non-hydrogen) atoms. The zero-order valence-corrected chi connectivity index (χ0v) is 47.7. The van der Waals surface area contributed by atoms with Crippen molar-refractivity contribution in [3.8, 4) is 6.01 Å². The molecule has 0 radical (unpaired) electrons. The Morgan fingerprint density at radius 2 is 1.14 bits per heavy atom. The molecule has 4 rings (SSSR count). The molecule has 0 atom stereocenters. The van der Waals surface area contributed by atoms with Crippen molar-refractivity contribution >= 4 is 28.9 Å². The highest BCUT2D eigenvalue weighted by Crippen LogP contribution is 2.23. The van der Waals surface area contributed by atoms with E-state index < -0.39 is 0 Å². The van der Waals surface area contributed by atoms with Gasteiger partial charge in [-0.25, -0.2) is 4.79 Å². The van der Waals surface area contributed by atoms with E-state index in [9.17, 15) is 14.4 Å². The number of nitrogens with one attached hydrogen (secondary N) is 2. The van der Waals surface area contributed by atoms with Crippen LogP contribution in [0.1, 0.15) is 212 Å². The van der Waals surface area contributed by atoms with E-state index >= 15 is 0 Å². The lowest BCUT2D eigenvalue weighted by molar-refractivity contribution is -0.139. The maximum Gasteiger partial charge on any atom is 0.328 e. The van der Waals surface area contributed by atoms with Crippen LogP contribution in [0, 0.1) is 0 Å². The smallest absolute Gasteiger partial charge is 0.328 e. The lowest BCUT2D eigenvalue weighted by atomic mass is 10.1. The molecule has 1 aliphatic rings. The number of piperazine rings is 1. The number of nitrogens with zero attached hydrogens (tertiary/aromatic N) is 7. The van der Waals surface area contributed by atoms with Gasteiger partial charge in [0.2, 0.25) is 5.91 Å². The maximum absolute atomic E-state index is 13.5. The number of amides is 1. The molecule has 0 aliphatic carbocycles. The predicted molar refractivity (Wildman–Crippen MR) is 307 cm³/mol. The van der Waals surface area contributed by atoms with Crippen molar-refractivity contribution in [1.29, 1.82) is 0 Å². The van der Waals surface area contributed by atoms with Crippen molar-refractivity contribution in [3.63, 3.8) is 0 Å². The number of rotatable bonds is 45. The Bertz CT molecular complexity index is 1980. The van der Waals surface area contributed by atoms with Crippen LogP contribution in [-0.4, -0.2) is 144 Å². The Hall–Kier alpha value is -3.85. The average molecular weight is 1030 g/mol. The fourth-order valence-electron chi connectivity index (χ4n) is 10.3. The molecule has 3 aromatic rings. The molecule has 0 saturated carbocycles. The van der Waals surface area contributed by atoms with Crippen LogP contribution in [0.2, 0.25) is 0 Å². The minimum atomic E-state index is -0.377. The first-order chi connectivity index (χ1) is 36.2. The van der Waals surface area contributed by atoms with Crippen LogP contribution < -0.4 is 15.7 Å². The minimum Gasteiger partial charge on any atom is -0.469 e. The zero-order chi connectivity index (χ0) is 52.9. The third-order valence-electron chi connectivity index (χ3n) is 15.0. The van der Waals surface area contributed by atoms with E-state index in [0.29, 0.717) is 24.2 Å². The number of imidazole rings is 1. The van der Waals surface area contributed by atoms with E-state index in [1.807, 2.05) is 24.3 Å². The highest BCUT2D eigenvalue weighted by Gasteiger charge is 2.20. The van der Waals surface area contributed by atoms with Gasteiger partial charge < -0.3 is 39.4 Å². The van der Waals surface area contributed by atoms with Gasteiger partial charge in [-0.15, -0.1) is 0 Å². The van der Waals surface area contributed by atoms with Crippen LogP contribution in [0.25, 0.3) is 11.2 Å². The summed E-state index contributed by atoms with van der Waals surface area (Å²) in [6.45, 7) is 20.2. The van der Waals surface area contributed by atoms with Crippen molar-refractivity contribution in [3.05, 3.63) is 45.9 Å². The molecule has 1 fully saturated rings. The van der Waals surface area contributed by atoms with Crippen molar-refractivity contribution in [2.75, 3.05) is 98.1 Å². The number of carbonyl (C=O) groups is 2. The quantitative estimate of drug-likeness (QED) is 0.0413. The molecular formula is C60H105N9O5. The van der Waals surface area contributed by atoms with Gasteiger partial charge >= 0.3 is 17.7 Å². The van der Waals surface area contributed by atoms with E-state index in [0.717, 1.165) is 62.9 Å². The first-order valence-electron chi connectivity index (χ1n) is 30.2. The third kappa shape index (κ3) is 26.8. The summed E-state index contributed by atoms with van der Waals surface area (Å²) < 4.78 is 12.3. The highest BCUT2D eigenvalue weighted by molar-refractivity contribution is 5.97. The number of methoxy groups -OCH3 is 1. The lowest BCUT2D eigenvalue weighted by Gasteiger charge is -2.35. The van der Waals surface area contributed by atoms with Crippen molar-refractivity contribution in [2.45, 2.75) is 214 Å². The minimum absolute atomic E-state index is 0.113. The molecule has 1 aliphatic heterocycles. The van der Waals surface area contributed by atoms with E-state index in [-0.39, 0.29) is 42.4 Å². The third-order valence-corrected chi connectivity index (χ3v) is 15.0. The summed E-state index contributed by atoms with van der Waals surface area (Å²) in [5, 5.41) is 2.99. The summed E-state index contributed by atoms with van der Waals surface area (Å²) in [5.74, 6) is -0.245. The van der Waals surface area contributed by atoms with E-state index in [4.69, 9.17) is 9.47 Å². The molecule has 2 aromatic heterocycles. The number of carbonyl (C=O) groups excluding carboxylic acids is 2. The first kappa shape index (κ1) is 62.7. The number of hydrogen-bond acceptors (Lipinski definition) is 11. The van der Waals surface area contributed by atoms with Gasteiger partial charge in [0.05, 0.1) is 26.7 Å². The van der Waals surface area contributed by atoms with E-state index in [2.05, 4.69) is 67.7 Å². The number of anilines is 1. The molecule has 0 unspecified atom stereocenters. The summed E-state index contributed by atoms with van der Waals surface area (Å²) in [6.07, 6.45) is 35.0. The number of aromatic nitrogens is 4. The Labute approximate surface area is 448 Å². The standard InChI is InChI=1S/C60H105N9O5/c1-6-9-12-14-16-18-20-22-24-28-37-65(4)38-32-41-67-44-46-68(47-45-67)43-33-42-66(39-29-25-23-21-19-17-15-13-10-7-2)40-30-26-27-36-54(70)61-57-56-58(64-59(63-57)74-48-11-8-3)69(60(72)62-56)51-53-35-31-34-52(49-53)50-55(71)73-5/h31,34-35,49H,6-30,32-33,36-48,50-51H2,1-5H3,(H,62,72)(H,61,63,64,70). The number of unbranched alkanes of at least 4 members (excludes halogenated alkanes) is 21. The van der Waals surface area contributed by atoms with Gasteiger partial charge in [-0.1, -0.05) is 173 Å². The highest BCUT2D eigenvalue weighted by atomic mass is 16.5. The van der Waals surface area contributed by atoms with E-state index in [1.54, 1.807) is 0 Å². The number of fused-ring (bicyclic) bond motifs is 1. The van der Waals surface area contributed by atoms with Gasteiger partial charge in [-0.2, -0.15) is 9.97 Å². The van der Waals surface area contributed by atoms with E-state index in [1.165, 1.54) is 205 Å². The monoisotopic (exact) mass is 1030 g/mol. The molecule has 0 spiro atoms.